The summed E-state index contributed by atoms with van der Waals surface area (Å²) in [4.78, 5) is 11.7. The molecule has 1 unspecified atom stereocenters. The van der Waals surface area contributed by atoms with Crippen molar-refractivity contribution in [3.05, 3.63) is 123 Å². The first kappa shape index (κ1) is 33.2. The number of aromatic nitrogens is 3. The highest BCUT2D eigenvalue weighted by molar-refractivity contribution is 6.30. The Morgan fingerprint density at radius 1 is 0.977 bits per heavy atom. The van der Waals surface area contributed by atoms with E-state index in [1.54, 1.807) is 12.1 Å². The number of pyridine rings is 1. The first-order chi connectivity index (χ1) is 20.6. The Morgan fingerprint density at radius 2 is 1.70 bits per heavy atom. The summed E-state index contributed by atoms with van der Waals surface area (Å²) in [6, 6.07) is 20.9. The lowest BCUT2D eigenvalue weighted by Gasteiger charge is -2.20. The molecule has 0 fully saturated rings. The van der Waals surface area contributed by atoms with Crippen molar-refractivity contribution in [2.75, 3.05) is 5.73 Å². The molecule has 2 aromatic heterocycles. The summed E-state index contributed by atoms with van der Waals surface area (Å²) >= 11 is 5.91. The summed E-state index contributed by atoms with van der Waals surface area (Å²) in [6.45, 7) is 5.14. The molecule has 3 aromatic carbocycles. The van der Waals surface area contributed by atoms with Crippen LogP contribution in [0.25, 0.3) is 11.0 Å². The van der Waals surface area contributed by atoms with E-state index in [-0.39, 0.29) is 11.5 Å². The summed E-state index contributed by atoms with van der Waals surface area (Å²) in [5.74, 6) is -3.68. The van der Waals surface area contributed by atoms with Crippen LogP contribution in [0.1, 0.15) is 66.6 Å². The van der Waals surface area contributed by atoms with Gasteiger partial charge in [0.1, 0.15) is 5.82 Å². The maximum Gasteiger partial charge on any atom is 0.270 e. The zero-order valence-electron chi connectivity index (χ0n) is 24.5. The average molecular weight is 605 g/mol. The quantitative estimate of drug-likeness (QED) is 0.173. The second kappa shape index (κ2) is 15.3. The third kappa shape index (κ3) is 9.10. The Balaban J connectivity index is 0.000000252. The number of nitrogens with two attached hydrogens (primary N) is 1. The van der Waals surface area contributed by atoms with Crippen LogP contribution in [0.4, 0.5) is 19.1 Å². The number of nitrogen functional groups attached to an aromatic ring is 1. The molecular weight excluding hydrogens is 569 g/mol. The highest BCUT2D eigenvalue weighted by atomic mass is 35.5. The van der Waals surface area contributed by atoms with Crippen molar-refractivity contribution in [1.29, 1.82) is 0 Å². The van der Waals surface area contributed by atoms with Crippen LogP contribution >= 0.6 is 11.6 Å². The van der Waals surface area contributed by atoms with Gasteiger partial charge in [-0.05, 0) is 84.0 Å². The fraction of sp³-hybridized carbons (Fsp3) is 0.257. The van der Waals surface area contributed by atoms with E-state index in [1.165, 1.54) is 35.9 Å². The summed E-state index contributed by atoms with van der Waals surface area (Å²) in [5, 5.41) is 0.479. The number of nitrogens with one attached hydrogen (secondary N) is 1. The third-order valence-electron chi connectivity index (χ3n) is 6.94. The minimum Gasteiger partial charge on any atom is -0.369 e. The van der Waals surface area contributed by atoms with E-state index in [4.69, 9.17) is 17.3 Å². The predicted molar refractivity (Wildman–Crippen MR) is 171 cm³/mol. The molecule has 0 spiro atoms. The van der Waals surface area contributed by atoms with Crippen LogP contribution in [0.3, 0.4) is 0 Å². The van der Waals surface area contributed by atoms with Gasteiger partial charge in [0, 0.05) is 30.3 Å². The number of anilines is 1. The number of halogens is 4. The van der Waals surface area contributed by atoms with Crippen LogP contribution in [0.2, 0.25) is 5.02 Å². The Labute approximate surface area is 256 Å². The van der Waals surface area contributed by atoms with Crippen LogP contribution in [-0.4, -0.2) is 15.0 Å². The van der Waals surface area contributed by atoms with Gasteiger partial charge in [0.05, 0.1) is 16.1 Å². The van der Waals surface area contributed by atoms with Gasteiger partial charge in [0.15, 0.2) is 5.95 Å². The van der Waals surface area contributed by atoms with Gasteiger partial charge in [-0.25, -0.2) is 18.2 Å². The van der Waals surface area contributed by atoms with Crippen molar-refractivity contribution in [2.45, 2.75) is 58.3 Å². The lowest BCUT2D eigenvalue weighted by molar-refractivity contribution is 0.0170. The number of benzene rings is 3. The number of H-pyrrole nitrogens is 1. The Hall–Kier alpha value is -4.28. The van der Waals surface area contributed by atoms with Gasteiger partial charge in [-0.15, -0.1) is 12.8 Å². The molecule has 0 radical (unpaired) electrons. The highest BCUT2D eigenvalue weighted by Gasteiger charge is 2.27. The maximum absolute atomic E-state index is 14.1. The molecule has 0 saturated carbocycles. The van der Waals surface area contributed by atoms with Gasteiger partial charge in [0.25, 0.3) is 5.92 Å². The molecule has 4 nitrogen and oxygen atoms in total. The molecule has 1 atom stereocenters. The molecule has 2 heterocycles. The lowest BCUT2D eigenvalue weighted by atomic mass is 9.87. The molecule has 8 heteroatoms. The summed E-state index contributed by atoms with van der Waals surface area (Å²) in [7, 11) is 0. The lowest BCUT2D eigenvalue weighted by Crippen LogP contribution is -2.12. The largest absolute Gasteiger partial charge is 0.369 e. The fourth-order valence-corrected chi connectivity index (χ4v) is 5.01. The zero-order valence-corrected chi connectivity index (χ0v) is 25.3. The molecule has 0 aliphatic heterocycles. The number of aromatic amines is 1. The van der Waals surface area contributed by atoms with Crippen molar-refractivity contribution < 1.29 is 13.2 Å². The molecule has 3 N–H and O–H groups in total. The van der Waals surface area contributed by atoms with E-state index in [0.29, 0.717) is 28.6 Å². The molecule has 0 bridgehead atoms. The third-order valence-corrected chi connectivity index (χ3v) is 7.16. The van der Waals surface area contributed by atoms with E-state index in [1.807, 2.05) is 30.3 Å². The molecule has 5 rings (SSSR count). The normalized spacial score (nSPS) is 11.7. The SMILES string of the molecule is C#C.CC(F)(F)c1cc(F)cc(C(Cc2ccccc2)c2ccc(Cl)cn2)c1.CCCc1cc2[nH]c(N)nc2cc1CC. The van der Waals surface area contributed by atoms with Gasteiger partial charge >= 0.3 is 0 Å². The van der Waals surface area contributed by atoms with Gasteiger partial charge < -0.3 is 10.7 Å². The smallest absolute Gasteiger partial charge is 0.270 e. The summed E-state index contributed by atoms with van der Waals surface area (Å²) in [5.41, 5.74) is 12.2. The van der Waals surface area contributed by atoms with Crippen molar-refractivity contribution in [2.24, 2.45) is 0 Å². The van der Waals surface area contributed by atoms with E-state index in [2.05, 4.69) is 53.8 Å². The van der Waals surface area contributed by atoms with Crippen LogP contribution in [0.5, 0.6) is 0 Å². The molecule has 5 aromatic rings. The monoisotopic (exact) mass is 604 g/mol. The molecule has 0 amide bonds. The van der Waals surface area contributed by atoms with E-state index >= 15 is 0 Å². The summed E-state index contributed by atoms with van der Waals surface area (Å²) < 4.78 is 41.6. The van der Waals surface area contributed by atoms with Crippen molar-refractivity contribution in [3.8, 4) is 12.8 Å². The highest BCUT2D eigenvalue weighted by Crippen LogP contribution is 2.34. The number of terminal acetylenes is 1. The fourth-order valence-electron chi connectivity index (χ4n) is 4.90. The first-order valence-electron chi connectivity index (χ1n) is 14.0. The van der Waals surface area contributed by atoms with Gasteiger partial charge in [-0.1, -0.05) is 62.2 Å². The maximum atomic E-state index is 14.1. The predicted octanol–water partition coefficient (Wildman–Crippen LogP) is 9.27. The Morgan fingerprint density at radius 3 is 2.30 bits per heavy atom. The van der Waals surface area contributed by atoms with Crippen LogP contribution in [-0.2, 0) is 25.2 Å². The summed E-state index contributed by atoms with van der Waals surface area (Å²) in [6.07, 6.45) is 13.4. The number of alkyl halides is 2. The van der Waals surface area contributed by atoms with E-state index < -0.39 is 11.7 Å². The molecular formula is C35H36ClF3N4. The number of aryl methyl sites for hydroxylation is 2. The van der Waals surface area contributed by atoms with Gasteiger partial charge in [0.2, 0.25) is 0 Å². The number of imidazole rings is 1. The first-order valence-corrected chi connectivity index (χ1v) is 14.4. The molecule has 0 saturated heterocycles. The molecule has 0 aliphatic rings. The van der Waals surface area contributed by atoms with Crippen LogP contribution in [0.15, 0.2) is 79.0 Å². The number of hydrogen-bond donors (Lipinski definition) is 2. The molecule has 0 aliphatic carbocycles. The van der Waals surface area contributed by atoms with E-state index in [0.717, 1.165) is 42.4 Å². The topological polar surface area (TPSA) is 67.6 Å². The number of hydrogen-bond acceptors (Lipinski definition) is 3. The standard InChI is InChI=1S/C21H17ClF3N.C12H17N3.C2H2/c1-21(24,25)16-10-15(11-18(23)12-16)19(9-14-5-3-2-4-6-14)20-8-7-17(22)13-26-20;1-3-5-9-7-11-10(6-8(9)4-2)14-12(13)15-11;1-2/h2-8,10-13,19H,9H2,1H3;6-7H,3-5H2,1-2H3,(H3,13,14,15);1-2H. The van der Waals surface area contributed by atoms with E-state index in [9.17, 15) is 13.2 Å². The van der Waals surface area contributed by atoms with Crippen molar-refractivity contribution in [1.82, 2.24) is 15.0 Å². The zero-order chi connectivity index (χ0) is 31.6. The molecule has 224 valence electrons. The minimum atomic E-state index is -3.12. The average Bonchev–Trinajstić information content (AvgIpc) is 3.36. The Bertz CT molecular complexity index is 1620. The van der Waals surface area contributed by atoms with Gasteiger partial charge in [-0.2, -0.15) is 0 Å². The number of fused-ring (bicyclic) bond motifs is 1. The van der Waals surface area contributed by atoms with Crippen molar-refractivity contribution >= 4 is 28.6 Å². The van der Waals surface area contributed by atoms with Crippen LogP contribution in [0, 0.1) is 18.7 Å². The minimum absolute atomic E-state index is 0.348. The number of nitrogens with zero attached hydrogens (tertiary/aromatic N) is 2. The molecule has 43 heavy (non-hydrogen) atoms. The second-order valence-electron chi connectivity index (χ2n) is 10.2. The van der Waals surface area contributed by atoms with Gasteiger partial charge in [-0.3, -0.25) is 4.98 Å². The van der Waals surface area contributed by atoms with Crippen molar-refractivity contribution in [3.63, 3.8) is 0 Å². The second-order valence-corrected chi connectivity index (χ2v) is 10.6. The Kier molecular flexibility index (Phi) is 11.8. The number of rotatable bonds is 8. The van der Waals surface area contributed by atoms with Crippen LogP contribution < -0.4 is 5.73 Å².